The first kappa shape index (κ1) is 56.5. The molecule has 0 amide bonds. The number of azo groups is 2. The zero-order valence-electron chi connectivity index (χ0n) is 34.5. The predicted molar refractivity (Wildman–Crippen MR) is 245 cm³/mol. The molecule has 5 aromatic rings. The number of anilines is 6. The Morgan fingerprint density at radius 2 is 1.21 bits per heavy atom. The normalized spacial score (nSPS) is 12.8. The van der Waals surface area contributed by atoms with E-state index in [4.69, 9.17) is 42.3 Å². The van der Waals surface area contributed by atoms with Gasteiger partial charge in [0.1, 0.15) is 32.5 Å². The molecule has 11 N–H and O–H groups in total. The number of hydrogen-bond donors (Lipinski definition) is 9. The summed E-state index contributed by atoms with van der Waals surface area (Å²) in [5.74, 6) is -1.97. The van der Waals surface area contributed by atoms with E-state index in [1.807, 2.05) is 0 Å². The van der Waals surface area contributed by atoms with Gasteiger partial charge in [-0.2, -0.15) is 40.2 Å². The summed E-state index contributed by atoms with van der Waals surface area (Å²) in [6, 6.07) is 12.0. The summed E-state index contributed by atoms with van der Waals surface area (Å²) in [7, 11) is -24.1. The molecule has 1 heterocycles. The van der Waals surface area contributed by atoms with Crippen molar-refractivity contribution in [3.8, 4) is 0 Å². The van der Waals surface area contributed by atoms with Crippen LogP contribution in [0.3, 0.4) is 0 Å². The fourth-order valence-corrected chi connectivity index (χ4v) is 10.1. The Bertz CT molecular complexity index is 3430. The second-order valence-corrected chi connectivity index (χ2v) is 22.6. The van der Waals surface area contributed by atoms with Crippen LogP contribution in [0.25, 0.3) is 0 Å². The highest BCUT2D eigenvalue weighted by atomic mass is 35.5. The van der Waals surface area contributed by atoms with Gasteiger partial charge < -0.3 is 22.1 Å². The van der Waals surface area contributed by atoms with Crippen molar-refractivity contribution in [1.82, 2.24) is 15.0 Å². The Morgan fingerprint density at radius 1 is 0.620 bits per heavy atom. The highest BCUT2D eigenvalue weighted by Crippen LogP contribution is 2.44. The van der Waals surface area contributed by atoms with E-state index in [9.17, 15) is 51.2 Å². The average molecular weight is 1150 g/mol. The van der Waals surface area contributed by atoms with Crippen molar-refractivity contribution in [2.75, 3.05) is 46.8 Å². The highest BCUT2D eigenvalue weighted by molar-refractivity contribution is 7.94. The maximum absolute atomic E-state index is 12.8. The Labute approximate surface area is 413 Å². The van der Waals surface area contributed by atoms with Gasteiger partial charge in [0, 0.05) is 11.4 Å². The molecule has 0 saturated heterocycles. The van der Waals surface area contributed by atoms with Crippen LogP contribution in [-0.4, -0.2) is 106 Å². The smallest absolute Gasteiger partial charge is 0.396 e. The molecule has 0 bridgehead atoms. The third-order valence-corrected chi connectivity index (χ3v) is 15.0. The summed E-state index contributed by atoms with van der Waals surface area (Å²) in [5, 5.41) is 44.6. The highest BCUT2D eigenvalue weighted by Gasteiger charge is 2.26. The second kappa shape index (κ2) is 23.9. The van der Waals surface area contributed by atoms with Crippen LogP contribution in [0.15, 0.2) is 112 Å². The van der Waals surface area contributed by atoms with Gasteiger partial charge in [0.2, 0.25) is 17.2 Å². The van der Waals surface area contributed by atoms with Crippen molar-refractivity contribution in [2.45, 2.75) is 24.5 Å². The largest absolute Gasteiger partial charge is 0.397 e. The van der Waals surface area contributed by atoms with Crippen LogP contribution < -0.4 is 22.1 Å². The Morgan fingerprint density at radius 3 is 1.83 bits per heavy atom. The lowest BCUT2D eigenvalue weighted by molar-refractivity contribution is -0.434. The first-order chi connectivity index (χ1) is 33.2. The van der Waals surface area contributed by atoms with E-state index in [0.717, 1.165) is 12.1 Å². The molecule has 40 heteroatoms. The molecular formula is C31H30ClN11O21S7. The Kier molecular flexibility index (Phi) is 19.0. The minimum Gasteiger partial charge on any atom is -0.396 e. The van der Waals surface area contributed by atoms with Gasteiger partial charge in [-0.3, -0.25) is 17.8 Å². The summed E-state index contributed by atoms with van der Waals surface area (Å²) < 4.78 is 168. The number of sulfone groups is 2. The molecule has 32 nitrogen and oxygen atoms in total. The third kappa shape index (κ3) is 16.3. The average Bonchev–Trinajstić information content (AvgIpc) is 3.27. The minimum absolute atomic E-state index is 0.0224. The predicted octanol–water partition coefficient (Wildman–Crippen LogP) is 5.30. The summed E-state index contributed by atoms with van der Waals surface area (Å²) in [6.45, 7) is -1.43. The van der Waals surface area contributed by atoms with Gasteiger partial charge in [-0.1, -0.05) is 16.1 Å². The zero-order valence-corrected chi connectivity index (χ0v) is 40.9. The molecule has 1 aromatic heterocycles. The number of aromatic nitrogens is 3. The first-order valence-electron chi connectivity index (χ1n) is 18.0. The van der Waals surface area contributed by atoms with Gasteiger partial charge in [0.25, 0.3) is 20.2 Å². The first-order valence-corrected chi connectivity index (χ1v) is 27.4. The van der Waals surface area contributed by atoms with Crippen LogP contribution in [-0.2, 0) is 77.4 Å². The zero-order chi connectivity index (χ0) is 52.4. The van der Waals surface area contributed by atoms with E-state index in [0.29, 0.717) is 24.2 Å². The summed E-state index contributed by atoms with van der Waals surface area (Å²) in [4.78, 5) is 9.07. The van der Waals surface area contributed by atoms with Gasteiger partial charge in [-0.15, -0.1) is 29.1 Å². The van der Waals surface area contributed by atoms with Crippen LogP contribution in [0, 0.1) is 0 Å². The molecule has 5 rings (SSSR count). The number of hydrogen-bond acceptors (Lipinski definition) is 31. The van der Waals surface area contributed by atoms with E-state index in [1.165, 1.54) is 42.5 Å². The molecule has 0 aliphatic rings. The number of nitrogen functional groups attached to an aromatic ring is 2. The van der Waals surface area contributed by atoms with E-state index in [1.54, 1.807) is 0 Å². The van der Waals surface area contributed by atoms with Crippen LogP contribution >= 0.6 is 36.0 Å². The SMILES string of the molecule is Nc1c(N=Nc2ccc(S(=O)(=O)CCOS(=O)(=O)O)cc2S(=O)(=O)O)cc(S(=O)(=O)O)c(N)c1N=Nc1cc(Nc2nc(Cl)nc(Nc3cccc(S(=O)(=O)CCOSOOO)c3)n2)ccc1SOOO. The Balaban J connectivity index is 1.47. The maximum atomic E-state index is 12.8. The molecule has 0 fully saturated rings. The number of benzene rings is 4. The van der Waals surface area contributed by atoms with Crippen molar-refractivity contribution < 1.29 is 93.4 Å². The van der Waals surface area contributed by atoms with E-state index in [-0.39, 0.29) is 63.0 Å². The third-order valence-electron chi connectivity index (χ3n) is 8.24. The van der Waals surface area contributed by atoms with Gasteiger partial charge in [-0.05, 0) is 72.3 Å². The van der Waals surface area contributed by atoms with Crippen LogP contribution in [0.4, 0.5) is 57.4 Å². The van der Waals surface area contributed by atoms with Crippen molar-refractivity contribution in [2.24, 2.45) is 20.5 Å². The molecule has 384 valence electrons. The van der Waals surface area contributed by atoms with Crippen molar-refractivity contribution in [3.63, 3.8) is 0 Å². The van der Waals surface area contributed by atoms with E-state index < -0.39 is 112 Å². The van der Waals surface area contributed by atoms with Crippen LogP contribution in [0.2, 0.25) is 5.28 Å². The number of nitrogens with two attached hydrogens (primary N) is 2. The fraction of sp³-hybridized carbons (Fsp3) is 0.129. The lowest BCUT2D eigenvalue weighted by atomic mass is 10.2. The maximum Gasteiger partial charge on any atom is 0.397 e. The summed E-state index contributed by atoms with van der Waals surface area (Å²) in [6.07, 6.45) is 0. The summed E-state index contributed by atoms with van der Waals surface area (Å²) >= 11 is 6.74. The fourth-order valence-electron chi connectivity index (χ4n) is 5.23. The van der Waals surface area contributed by atoms with Crippen molar-refractivity contribution in [1.29, 1.82) is 0 Å². The minimum atomic E-state index is -5.32. The molecule has 0 atom stereocenters. The molecule has 0 spiro atoms. The van der Waals surface area contributed by atoms with Crippen LogP contribution in [0.1, 0.15) is 0 Å². The number of nitrogens with zero attached hydrogens (tertiary/aromatic N) is 7. The van der Waals surface area contributed by atoms with E-state index >= 15 is 0 Å². The van der Waals surface area contributed by atoms with Gasteiger partial charge in [-0.25, -0.2) is 31.5 Å². The molecule has 0 unspecified atom stereocenters. The molecular weight excluding hydrogens is 1120 g/mol. The second-order valence-electron chi connectivity index (χ2n) is 12.9. The number of rotatable bonds is 25. The number of halogens is 1. The molecule has 0 radical (unpaired) electrons. The molecule has 0 aliphatic carbocycles. The monoisotopic (exact) mass is 1150 g/mol. The standard InChI is InChI=1S/C31H30ClN11O21S7/c32-29-37-30(35-16-2-1-3-18(12-16)67(46,47)10-8-59-66-64-62-45)39-31(38-29)36-17-4-7-23(65-63-61-44)21(13-17)41-43-28-26(33)22(15-25(27(28)34)70(53,54)55)42-40-20-6-5-19(14-24(20)69(50,51)52)68(48,49)11-9-60-71(56,57)58/h1-7,12-15,44-45H,8-11,33-34H2,(H,50,51,52)(H,53,54,55)(H,56,57,58)(H2,35,36,37,38,39). The van der Waals surface area contributed by atoms with Gasteiger partial charge >= 0.3 is 10.4 Å². The summed E-state index contributed by atoms with van der Waals surface area (Å²) in [5.41, 5.74) is 8.82. The molecule has 71 heavy (non-hydrogen) atoms. The molecule has 0 saturated carbocycles. The topological polar surface area (TPSA) is 491 Å². The number of nitrogens with one attached hydrogen (secondary N) is 2. The molecule has 4 aromatic carbocycles. The molecule has 0 aliphatic heterocycles. The quantitative estimate of drug-likeness (QED) is 0.00681. The van der Waals surface area contributed by atoms with Gasteiger partial charge in [0.15, 0.2) is 32.0 Å². The lowest BCUT2D eigenvalue weighted by Gasteiger charge is -2.12. The Hall–Kier alpha value is -5.41. The van der Waals surface area contributed by atoms with Crippen LogP contribution in [0.5, 0.6) is 0 Å². The van der Waals surface area contributed by atoms with Gasteiger partial charge in [0.05, 0.1) is 62.8 Å². The van der Waals surface area contributed by atoms with Crippen molar-refractivity contribution in [3.05, 3.63) is 72.0 Å². The van der Waals surface area contributed by atoms with E-state index in [2.05, 4.69) is 69.0 Å². The van der Waals surface area contributed by atoms with Crippen molar-refractivity contribution >= 4 is 144 Å². The lowest BCUT2D eigenvalue weighted by Crippen LogP contribution is -2.16.